The Morgan fingerprint density at radius 3 is 2.81 bits per heavy atom. The van der Waals surface area contributed by atoms with Crippen molar-refractivity contribution in [3.05, 3.63) is 17.8 Å². The van der Waals surface area contributed by atoms with Crippen LogP contribution in [0.2, 0.25) is 0 Å². The molecule has 0 aromatic carbocycles. The fraction of sp³-hybridized carbons (Fsp3) is 0.500. The van der Waals surface area contributed by atoms with Crippen molar-refractivity contribution in [3.8, 4) is 0 Å². The van der Waals surface area contributed by atoms with E-state index < -0.39 is 5.91 Å². The van der Waals surface area contributed by atoms with Crippen LogP contribution in [0.3, 0.4) is 0 Å². The van der Waals surface area contributed by atoms with E-state index in [-0.39, 0.29) is 5.69 Å². The summed E-state index contributed by atoms with van der Waals surface area (Å²) in [6, 6.07) is 3.37. The highest BCUT2D eigenvalue weighted by molar-refractivity contribution is 5.90. The highest BCUT2D eigenvalue weighted by Crippen LogP contribution is 2.20. The van der Waals surface area contributed by atoms with E-state index >= 15 is 0 Å². The third-order valence-electron chi connectivity index (χ3n) is 2.85. The maximum Gasteiger partial charge on any atom is 0.269 e. The lowest BCUT2D eigenvalue weighted by atomic mass is 10.1. The quantitative estimate of drug-likeness (QED) is 0.707. The maximum atomic E-state index is 10.8. The van der Waals surface area contributed by atoms with Crippen molar-refractivity contribution in [1.82, 2.24) is 10.2 Å². The van der Waals surface area contributed by atoms with Gasteiger partial charge in [-0.2, -0.15) is 0 Å². The molecule has 1 aliphatic rings. The van der Waals surface area contributed by atoms with Gasteiger partial charge in [0, 0.05) is 13.1 Å². The number of nitrogens with two attached hydrogens (primary N) is 2. The van der Waals surface area contributed by atoms with E-state index in [0.29, 0.717) is 12.5 Å². The van der Waals surface area contributed by atoms with Gasteiger partial charge in [-0.05, 0) is 31.0 Å². The molecule has 0 saturated carbocycles. The van der Waals surface area contributed by atoms with Crippen molar-refractivity contribution in [3.63, 3.8) is 0 Å². The second kappa shape index (κ2) is 4.44. The SMILES string of the molecule is NCC1CCN(c2ccc(C(N)=O)nn2)C1. The van der Waals surface area contributed by atoms with E-state index in [4.69, 9.17) is 11.5 Å². The average Bonchev–Trinajstić information content (AvgIpc) is 2.77. The molecule has 1 saturated heterocycles. The summed E-state index contributed by atoms with van der Waals surface area (Å²) in [4.78, 5) is 12.9. The zero-order valence-corrected chi connectivity index (χ0v) is 8.97. The number of aromatic nitrogens is 2. The molecule has 2 heterocycles. The number of carbonyl (C=O) groups excluding carboxylic acids is 1. The van der Waals surface area contributed by atoms with E-state index in [2.05, 4.69) is 15.1 Å². The van der Waals surface area contributed by atoms with Gasteiger partial charge in [0.05, 0.1) is 0 Å². The van der Waals surface area contributed by atoms with Crippen molar-refractivity contribution < 1.29 is 4.79 Å². The summed E-state index contributed by atoms with van der Waals surface area (Å²) < 4.78 is 0. The van der Waals surface area contributed by atoms with Crippen molar-refractivity contribution in [2.45, 2.75) is 6.42 Å². The zero-order chi connectivity index (χ0) is 11.5. The Balaban J connectivity index is 2.08. The lowest BCUT2D eigenvalue weighted by Crippen LogP contribution is -2.24. The lowest BCUT2D eigenvalue weighted by Gasteiger charge is -2.16. The first-order valence-electron chi connectivity index (χ1n) is 5.29. The molecular weight excluding hydrogens is 206 g/mol. The molecule has 1 fully saturated rings. The lowest BCUT2D eigenvalue weighted by molar-refractivity contribution is 0.0994. The number of nitrogens with zero attached hydrogens (tertiary/aromatic N) is 3. The number of rotatable bonds is 3. The van der Waals surface area contributed by atoms with Gasteiger partial charge in [0.25, 0.3) is 5.91 Å². The van der Waals surface area contributed by atoms with Crippen molar-refractivity contribution in [2.24, 2.45) is 17.4 Å². The Bertz CT molecular complexity index is 377. The minimum absolute atomic E-state index is 0.193. The van der Waals surface area contributed by atoms with Gasteiger partial charge in [-0.15, -0.1) is 10.2 Å². The average molecular weight is 221 g/mol. The Morgan fingerprint density at radius 1 is 1.50 bits per heavy atom. The van der Waals surface area contributed by atoms with Crippen LogP contribution in [0, 0.1) is 5.92 Å². The number of primary amides is 1. The van der Waals surface area contributed by atoms with Gasteiger partial charge in [-0.3, -0.25) is 4.79 Å². The van der Waals surface area contributed by atoms with Crippen LogP contribution in [0.4, 0.5) is 5.82 Å². The second-order valence-corrected chi connectivity index (χ2v) is 3.98. The van der Waals surface area contributed by atoms with Gasteiger partial charge in [0.1, 0.15) is 0 Å². The molecule has 6 heteroatoms. The molecule has 0 radical (unpaired) electrons. The number of hydrogen-bond acceptors (Lipinski definition) is 5. The summed E-state index contributed by atoms with van der Waals surface area (Å²) in [5.41, 5.74) is 10.9. The van der Waals surface area contributed by atoms with Crippen LogP contribution in [-0.4, -0.2) is 35.7 Å². The smallest absolute Gasteiger partial charge is 0.269 e. The first kappa shape index (κ1) is 10.8. The predicted octanol–water partition coefficient (Wildman–Crippen LogP) is -0.639. The van der Waals surface area contributed by atoms with Crippen LogP contribution in [0.25, 0.3) is 0 Å². The van der Waals surface area contributed by atoms with Crippen LogP contribution in [0.15, 0.2) is 12.1 Å². The minimum Gasteiger partial charge on any atom is -0.364 e. The van der Waals surface area contributed by atoms with Crippen molar-refractivity contribution in [2.75, 3.05) is 24.5 Å². The molecule has 4 N–H and O–H groups in total. The summed E-state index contributed by atoms with van der Waals surface area (Å²) in [7, 11) is 0. The third kappa shape index (κ3) is 2.11. The summed E-state index contributed by atoms with van der Waals surface area (Å²) in [6.45, 7) is 2.54. The summed E-state index contributed by atoms with van der Waals surface area (Å²) in [6.07, 6.45) is 1.08. The van der Waals surface area contributed by atoms with Gasteiger partial charge in [-0.1, -0.05) is 0 Å². The first-order valence-corrected chi connectivity index (χ1v) is 5.29. The number of hydrogen-bond donors (Lipinski definition) is 2. The Hall–Kier alpha value is -1.69. The number of carbonyl (C=O) groups is 1. The fourth-order valence-corrected chi connectivity index (χ4v) is 1.86. The highest BCUT2D eigenvalue weighted by atomic mass is 16.1. The first-order chi connectivity index (χ1) is 7.70. The standard InChI is InChI=1S/C10H15N5O/c11-5-7-3-4-15(6-7)9-2-1-8(10(12)16)13-14-9/h1-2,7H,3-6,11H2,(H2,12,16). The Labute approximate surface area is 93.6 Å². The van der Waals surface area contributed by atoms with Crippen LogP contribution < -0.4 is 16.4 Å². The second-order valence-electron chi connectivity index (χ2n) is 3.98. The van der Waals surface area contributed by atoms with Crippen LogP contribution in [0.5, 0.6) is 0 Å². The number of anilines is 1. The Kier molecular flexibility index (Phi) is 3.00. The summed E-state index contributed by atoms with van der Waals surface area (Å²) >= 11 is 0. The molecule has 16 heavy (non-hydrogen) atoms. The van der Waals surface area contributed by atoms with E-state index in [1.54, 1.807) is 12.1 Å². The third-order valence-corrected chi connectivity index (χ3v) is 2.85. The van der Waals surface area contributed by atoms with Crippen LogP contribution in [0.1, 0.15) is 16.9 Å². The molecule has 1 aromatic heterocycles. The van der Waals surface area contributed by atoms with E-state index in [1.807, 2.05) is 0 Å². The predicted molar refractivity (Wildman–Crippen MR) is 59.9 cm³/mol. The minimum atomic E-state index is -0.555. The van der Waals surface area contributed by atoms with Crippen LogP contribution >= 0.6 is 0 Å². The van der Waals surface area contributed by atoms with Gasteiger partial charge >= 0.3 is 0 Å². The molecule has 0 bridgehead atoms. The van der Waals surface area contributed by atoms with Crippen molar-refractivity contribution >= 4 is 11.7 Å². The van der Waals surface area contributed by atoms with E-state index in [9.17, 15) is 4.79 Å². The van der Waals surface area contributed by atoms with Gasteiger partial charge in [0.2, 0.25) is 0 Å². The summed E-state index contributed by atoms with van der Waals surface area (Å²) in [5.74, 6) is 0.749. The largest absolute Gasteiger partial charge is 0.364 e. The number of amides is 1. The molecule has 1 unspecified atom stereocenters. The van der Waals surface area contributed by atoms with Gasteiger partial charge in [0.15, 0.2) is 11.5 Å². The molecule has 0 spiro atoms. The zero-order valence-electron chi connectivity index (χ0n) is 8.97. The van der Waals surface area contributed by atoms with Crippen molar-refractivity contribution in [1.29, 1.82) is 0 Å². The fourth-order valence-electron chi connectivity index (χ4n) is 1.86. The molecule has 1 aliphatic heterocycles. The molecule has 1 aromatic rings. The molecule has 1 atom stereocenters. The monoisotopic (exact) mass is 221 g/mol. The van der Waals surface area contributed by atoms with Crippen LogP contribution in [-0.2, 0) is 0 Å². The molecule has 1 amide bonds. The topological polar surface area (TPSA) is 98.1 Å². The Morgan fingerprint density at radius 2 is 2.31 bits per heavy atom. The molecule has 6 nitrogen and oxygen atoms in total. The molecule has 86 valence electrons. The molecular formula is C10H15N5O. The molecule has 0 aliphatic carbocycles. The summed E-state index contributed by atoms with van der Waals surface area (Å²) in [5, 5.41) is 7.76. The van der Waals surface area contributed by atoms with E-state index in [1.165, 1.54) is 0 Å². The molecule has 2 rings (SSSR count). The van der Waals surface area contributed by atoms with Gasteiger partial charge < -0.3 is 16.4 Å². The highest BCUT2D eigenvalue weighted by Gasteiger charge is 2.22. The normalized spacial score (nSPS) is 20.1. The maximum absolute atomic E-state index is 10.8. The van der Waals surface area contributed by atoms with E-state index in [0.717, 1.165) is 25.3 Å². The van der Waals surface area contributed by atoms with Gasteiger partial charge in [-0.25, -0.2) is 0 Å².